The standard InChI is InChI=1S/C21H22O6/c1-25-15-12-10-14(11-13-15)16(6-5-9-19(22)27-3)17-7-4-8-18(26-2)20(17)21(23)24/h4-5,7-13,16H,6H2,1-3H3,(H,23,24)/b9-5+. The molecule has 0 saturated heterocycles. The fourth-order valence-corrected chi connectivity index (χ4v) is 2.88. The number of ether oxygens (including phenoxy) is 3. The highest BCUT2D eigenvalue weighted by atomic mass is 16.5. The van der Waals surface area contributed by atoms with Crippen LogP contribution in [0.4, 0.5) is 0 Å². The second kappa shape index (κ2) is 9.43. The Morgan fingerprint density at radius 1 is 1.04 bits per heavy atom. The number of aromatic carboxylic acids is 1. The van der Waals surface area contributed by atoms with Gasteiger partial charge in [-0.1, -0.05) is 30.3 Å². The van der Waals surface area contributed by atoms with Crippen molar-refractivity contribution >= 4 is 11.9 Å². The maximum absolute atomic E-state index is 11.9. The maximum atomic E-state index is 11.9. The van der Waals surface area contributed by atoms with Crippen molar-refractivity contribution in [1.29, 1.82) is 0 Å². The van der Waals surface area contributed by atoms with Gasteiger partial charge in [0.2, 0.25) is 0 Å². The normalized spacial score (nSPS) is 11.8. The molecule has 6 heteroatoms. The lowest BCUT2D eigenvalue weighted by atomic mass is 9.85. The van der Waals surface area contributed by atoms with Crippen molar-refractivity contribution in [2.75, 3.05) is 21.3 Å². The quantitative estimate of drug-likeness (QED) is 0.564. The van der Waals surface area contributed by atoms with Crippen LogP contribution < -0.4 is 9.47 Å². The molecule has 0 aromatic heterocycles. The van der Waals surface area contributed by atoms with Gasteiger partial charge in [-0.05, 0) is 35.7 Å². The number of methoxy groups -OCH3 is 3. The summed E-state index contributed by atoms with van der Waals surface area (Å²) in [5.74, 6) is -0.842. The van der Waals surface area contributed by atoms with E-state index >= 15 is 0 Å². The molecule has 2 aromatic carbocycles. The van der Waals surface area contributed by atoms with E-state index in [1.807, 2.05) is 24.3 Å². The van der Waals surface area contributed by atoms with Crippen LogP contribution in [-0.2, 0) is 9.53 Å². The molecule has 0 bridgehead atoms. The van der Waals surface area contributed by atoms with Crippen molar-refractivity contribution in [3.63, 3.8) is 0 Å². The summed E-state index contributed by atoms with van der Waals surface area (Å²) in [6, 6.07) is 12.5. The summed E-state index contributed by atoms with van der Waals surface area (Å²) >= 11 is 0. The molecule has 0 aliphatic carbocycles. The van der Waals surface area contributed by atoms with E-state index in [4.69, 9.17) is 9.47 Å². The van der Waals surface area contributed by atoms with E-state index in [1.165, 1.54) is 20.3 Å². The van der Waals surface area contributed by atoms with Crippen LogP contribution in [0.2, 0.25) is 0 Å². The average molecular weight is 370 g/mol. The third-order valence-corrected chi connectivity index (χ3v) is 4.21. The van der Waals surface area contributed by atoms with Crippen LogP contribution in [0.3, 0.4) is 0 Å². The molecule has 0 radical (unpaired) electrons. The third-order valence-electron chi connectivity index (χ3n) is 4.21. The summed E-state index contributed by atoms with van der Waals surface area (Å²) in [4.78, 5) is 23.3. The smallest absolute Gasteiger partial charge is 0.339 e. The van der Waals surface area contributed by atoms with Crippen molar-refractivity contribution in [2.45, 2.75) is 12.3 Å². The van der Waals surface area contributed by atoms with Crippen molar-refractivity contribution in [3.8, 4) is 11.5 Å². The molecule has 0 spiro atoms. The highest BCUT2D eigenvalue weighted by molar-refractivity contribution is 5.93. The SMILES string of the molecule is COC(=O)/C=C/CC(c1ccc(OC)cc1)c1cccc(OC)c1C(=O)O. The molecule has 2 rings (SSSR count). The Labute approximate surface area is 158 Å². The zero-order valence-electron chi connectivity index (χ0n) is 15.5. The minimum Gasteiger partial charge on any atom is -0.497 e. The Bertz CT molecular complexity index is 823. The van der Waals surface area contributed by atoms with E-state index < -0.39 is 11.9 Å². The largest absolute Gasteiger partial charge is 0.497 e. The monoisotopic (exact) mass is 370 g/mol. The van der Waals surface area contributed by atoms with E-state index in [0.29, 0.717) is 17.7 Å². The highest BCUT2D eigenvalue weighted by Crippen LogP contribution is 2.35. The molecule has 27 heavy (non-hydrogen) atoms. The number of carbonyl (C=O) groups excluding carboxylic acids is 1. The van der Waals surface area contributed by atoms with Gasteiger partial charge in [0.1, 0.15) is 17.1 Å². The van der Waals surface area contributed by atoms with Gasteiger partial charge in [0.25, 0.3) is 0 Å². The zero-order valence-corrected chi connectivity index (χ0v) is 15.5. The van der Waals surface area contributed by atoms with Crippen LogP contribution in [0.5, 0.6) is 11.5 Å². The Kier molecular flexibility index (Phi) is 7.00. The second-order valence-electron chi connectivity index (χ2n) is 5.72. The van der Waals surface area contributed by atoms with E-state index in [2.05, 4.69) is 4.74 Å². The van der Waals surface area contributed by atoms with Gasteiger partial charge in [0.15, 0.2) is 0 Å². The van der Waals surface area contributed by atoms with E-state index in [0.717, 1.165) is 5.56 Å². The number of allylic oxidation sites excluding steroid dienone is 1. The van der Waals surface area contributed by atoms with Crippen molar-refractivity contribution in [2.24, 2.45) is 0 Å². The summed E-state index contributed by atoms with van der Waals surface area (Å²) in [6.45, 7) is 0. The minimum atomic E-state index is -1.07. The molecule has 0 heterocycles. The molecule has 1 N–H and O–H groups in total. The molecule has 0 aliphatic rings. The molecule has 0 saturated carbocycles. The maximum Gasteiger partial charge on any atom is 0.339 e. The number of hydrogen-bond donors (Lipinski definition) is 1. The average Bonchev–Trinajstić information content (AvgIpc) is 2.70. The Hall–Kier alpha value is -3.28. The summed E-state index contributed by atoms with van der Waals surface area (Å²) in [6.07, 6.45) is 3.41. The van der Waals surface area contributed by atoms with Crippen LogP contribution in [0.15, 0.2) is 54.6 Å². The molecule has 6 nitrogen and oxygen atoms in total. The first-order valence-electron chi connectivity index (χ1n) is 8.30. The predicted molar refractivity (Wildman–Crippen MR) is 101 cm³/mol. The summed E-state index contributed by atoms with van der Waals surface area (Å²) < 4.78 is 15.0. The molecule has 142 valence electrons. The van der Waals surface area contributed by atoms with Crippen LogP contribution in [0.25, 0.3) is 0 Å². The van der Waals surface area contributed by atoms with Gasteiger partial charge in [-0.15, -0.1) is 0 Å². The minimum absolute atomic E-state index is 0.104. The number of carbonyl (C=O) groups is 2. The summed E-state index contributed by atoms with van der Waals surface area (Å²) in [5.41, 5.74) is 1.59. The Balaban J connectivity index is 2.53. The van der Waals surface area contributed by atoms with Gasteiger partial charge in [-0.2, -0.15) is 0 Å². The lowest BCUT2D eigenvalue weighted by Gasteiger charge is -2.20. The first-order chi connectivity index (χ1) is 13.0. The lowest BCUT2D eigenvalue weighted by molar-refractivity contribution is -0.134. The molecule has 1 atom stereocenters. The molecular weight excluding hydrogens is 348 g/mol. The molecule has 2 aromatic rings. The zero-order chi connectivity index (χ0) is 19.8. The van der Waals surface area contributed by atoms with Crippen LogP contribution in [-0.4, -0.2) is 38.4 Å². The molecule has 1 unspecified atom stereocenters. The molecule has 0 amide bonds. The summed E-state index contributed by atoms with van der Waals surface area (Å²) in [5, 5.41) is 9.72. The van der Waals surface area contributed by atoms with Gasteiger partial charge in [0.05, 0.1) is 21.3 Å². The summed E-state index contributed by atoms with van der Waals surface area (Å²) in [7, 11) is 4.32. The molecule has 0 aliphatic heterocycles. The van der Waals surface area contributed by atoms with E-state index in [-0.39, 0.29) is 17.2 Å². The first kappa shape index (κ1) is 20.0. The Morgan fingerprint density at radius 3 is 2.30 bits per heavy atom. The van der Waals surface area contributed by atoms with Crippen LogP contribution in [0, 0.1) is 0 Å². The number of hydrogen-bond acceptors (Lipinski definition) is 5. The number of benzene rings is 2. The second-order valence-corrected chi connectivity index (χ2v) is 5.72. The fraction of sp³-hybridized carbons (Fsp3) is 0.238. The number of carboxylic acids is 1. The van der Waals surface area contributed by atoms with Crippen molar-refractivity contribution in [3.05, 3.63) is 71.3 Å². The van der Waals surface area contributed by atoms with Gasteiger partial charge in [-0.3, -0.25) is 0 Å². The van der Waals surface area contributed by atoms with Crippen molar-refractivity contribution in [1.82, 2.24) is 0 Å². The van der Waals surface area contributed by atoms with Gasteiger partial charge in [-0.25, -0.2) is 9.59 Å². The number of carboxylic acid groups (broad SMARTS) is 1. The number of esters is 1. The van der Waals surface area contributed by atoms with Gasteiger partial charge < -0.3 is 19.3 Å². The third kappa shape index (κ3) is 4.88. The molecular formula is C21H22O6. The topological polar surface area (TPSA) is 82.1 Å². The van der Waals surface area contributed by atoms with Gasteiger partial charge >= 0.3 is 11.9 Å². The van der Waals surface area contributed by atoms with E-state index in [9.17, 15) is 14.7 Å². The van der Waals surface area contributed by atoms with Gasteiger partial charge in [0, 0.05) is 12.0 Å². The Morgan fingerprint density at radius 2 is 1.74 bits per heavy atom. The predicted octanol–water partition coefficient (Wildman–Crippen LogP) is 3.65. The number of rotatable bonds is 8. The van der Waals surface area contributed by atoms with Crippen molar-refractivity contribution < 1.29 is 28.9 Å². The lowest BCUT2D eigenvalue weighted by Crippen LogP contribution is -2.10. The highest BCUT2D eigenvalue weighted by Gasteiger charge is 2.23. The van der Waals surface area contributed by atoms with E-state index in [1.54, 1.807) is 31.4 Å². The fourth-order valence-electron chi connectivity index (χ4n) is 2.88. The first-order valence-corrected chi connectivity index (χ1v) is 8.30. The van der Waals surface area contributed by atoms with Crippen LogP contribution in [0.1, 0.15) is 33.8 Å². The molecule has 0 fully saturated rings. The van der Waals surface area contributed by atoms with Crippen LogP contribution >= 0.6 is 0 Å².